The van der Waals surface area contributed by atoms with E-state index in [2.05, 4.69) is 6.92 Å². The van der Waals surface area contributed by atoms with Crippen LogP contribution in [0.3, 0.4) is 0 Å². The number of benzene rings is 2. The molecule has 4 rings (SSSR count). The quantitative estimate of drug-likeness (QED) is 0.583. The van der Waals surface area contributed by atoms with E-state index in [0.29, 0.717) is 5.56 Å². The number of phenols is 2. The Morgan fingerprint density at radius 2 is 2.03 bits per heavy atom. The third-order valence-corrected chi connectivity index (χ3v) is 6.17. The summed E-state index contributed by atoms with van der Waals surface area (Å²) in [7, 11) is 0. The molecule has 0 aromatic heterocycles. The van der Waals surface area contributed by atoms with Crippen LogP contribution in [0.25, 0.3) is 0 Å². The highest BCUT2D eigenvalue weighted by molar-refractivity contribution is 5.66. The molecule has 7 nitrogen and oxygen atoms in total. The fourth-order valence-corrected chi connectivity index (χ4v) is 4.63. The maximum atomic E-state index is 11.5. The van der Waals surface area contributed by atoms with Gasteiger partial charge in [-0.25, -0.2) is 0 Å². The zero-order valence-electron chi connectivity index (χ0n) is 17.9. The van der Waals surface area contributed by atoms with Crippen LogP contribution in [0.4, 0.5) is 5.69 Å². The van der Waals surface area contributed by atoms with Crippen molar-refractivity contribution in [2.24, 2.45) is 0 Å². The summed E-state index contributed by atoms with van der Waals surface area (Å²) in [6.45, 7) is 3.66. The minimum absolute atomic E-state index is 0.000120. The summed E-state index contributed by atoms with van der Waals surface area (Å²) in [4.78, 5) is 13.1. The molecule has 0 unspecified atom stereocenters. The second-order valence-corrected chi connectivity index (χ2v) is 8.36. The number of carbonyl (C=O) groups is 1. The minimum Gasteiger partial charge on any atom is -0.507 e. The number of aliphatic hydroxyl groups is 1. The Kier molecular flexibility index (Phi) is 5.81. The number of hydrogen-bond donors (Lipinski definition) is 3. The summed E-state index contributed by atoms with van der Waals surface area (Å²) in [6, 6.07) is 10.8. The van der Waals surface area contributed by atoms with Crippen LogP contribution in [0, 0.1) is 0 Å². The molecule has 2 aromatic carbocycles. The maximum absolute atomic E-state index is 11.5. The number of phenolic OH excluding ortho intramolecular Hbond substituents is 2. The number of ether oxygens (including phenoxy) is 2. The number of nitrogens with zero attached hydrogens (tertiary/aromatic N) is 1. The molecule has 0 saturated carbocycles. The fourth-order valence-electron chi connectivity index (χ4n) is 4.63. The van der Waals surface area contributed by atoms with Gasteiger partial charge in [-0.2, -0.15) is 0 Å². The molecule has 2 aliphatic rings. The van der Waals surface area contributed by atoms with Gasteiger partial charge in [0.05, 0.1) is 18.2 Å². The van der Waals surface area contributed by atoms with E-state index in [4.69, 9.17) is 9.47 Å². The largest absolute Gasteiger partial charge is 0.507 e. The number of fused-ring (bicyclic) bond motifs is 3. The van der Waals surface area contributed by atoms with Gasteiger partial charge in [-0.1, -0.05) is 37.6 Å². The van der Waals surface area contributed by atoms with E-state index < -0.39 is 23.9 Å². The Bertz CT molecular complexity index is 977. The summed E-state index contributed by atoms with van der Waals surface area (Å²) in [6.07, 6.45) is 1.78. The average molecular weight is 427 g/mol. The van der Waals surface area contributed by atoms with Gasteiger partial charge in [0.25, 0.3) is 0 Å². The number of esters is 1. The highest BCUT2D eigenvalue weighted by Gasteiger charge is 2.57. The van der Waals surface area contributed by atoms with Crippen molar-refractivity contribution in [1.29, 1.82) is 0 Å². The van der Waals surface area contributed by atoms with Crippen LogP contribution >= 0.6 is 0 Å². The molecular weight excluding hydrogens is 398 g/mol. The number of aryl methyl sites for hydroxylation is 1. The number of rotatable bonds is 7. The SMILES string of the molecule is CCCCc1ccc(O)c(CN2c3ccccc3[C@]3(O)C[C@H](COC(C)=O)O[C@H]23)c1O. The Morgan fingerprint density at radius 1 is 1.26 bits per heavy atom. The van der Waals surface area contributed by atoms with Crippen molar-refractivity contribution in [1.82, 2.24) is 0 Å². The van der Waals surface area contributed by atoms with Crippen molar-refractivity contribution >= 4 is 11.7 Å². The molecule has 0 amide bonds. The summed E-state index contributed by atoms with van der Waals surface area (Å²) >= 11 is 0. The molecule has 0 aliphatic carbocycles. The van der Waals surface area contributed by atoms with Gasteiger partial charge in [0.15, 0.2) is 6.23 Å². The molecule has 31 heavy (non-hydrogen) atoms. The molecule has 2 heterocycles. The standard InChI is InChI=1S/C24H29NO6/c1-3-4-7-16-10-11-21(27)18(22(16)28)13-25-20-9-6-5-8-19(20)24(29)12-17(31-23(24)25)14-30-15(2)26/h5-6,8-11,17,23,27-29H,3-4,7,12-14H2,1-2H3/t17-,23+,24-/m1/s1. The van der Waals surface area contributed by atoms with Crippen molar-refractivity contribution in [3.8, 4) is 11.5 Å². The number of anilines is 1. The van der Waals surface area contributed by atoms with Crippen LogP contribution in [0.2, 0.25) is 0 Å². The summed E-state index contributed by atoms with van der Waals surface area (Å²) in [5.74, 6) is -0.320. The number of aromatic hydroxyl groups is 2. The first kappa shape index (κ1) is 21.5. The van der Waals surface area contributed by atoms with Crippen LogP contribution in [-0.2, 0) is 32.8 Å². The van der Waals surface area contributed by atoms with Crippen LogP contribution in [0.15, 0.2) is 36.4 Å². The Morgan fingerprint density at radius 3 is 2.77 bits per heavy atom. The number of unbranched alkanes of at least 4 members (excludes halogenated alkanes) is 1. The molecule has 1 fully saturated rings. The molecule has 2 aliphatic heterocycles. The molecule has 3 atom stereocenters. The van der Waals surface area contributed by atoms with Gasteiger partial charge in [0.1, 0.15) is 23.7 Å². The maximum Gasteiger partial charge on any atom is 0.302 e. The molecule has 0 radical (unpaired) electrons. The van der Waals surface area contributed by atoms with E-state index in [1.54, 1.807) is 12.1 Å². The van der Waals surface area contributed by atoms with Gasteiger partial charge >= 0.3 is 5.97 Å². The Hall–Kier alpha value is -2.77. The van der Waals surface area contributed by atoms with Crippen LogP contribution in [-0.4, -0.2) is 40.2 Å². The van der Waals surface area contributed by atoms with Crippen LogP contribution < -0.4 is 4.90 Å². The predicted octanol–water partition coefficient (Wildman–Crippen LogP) is 3.33. The summed E-state index contributed by atoms with van der Waals surface area (Å²) < 4.78 is 11.2. The van der Waals surface area contributed by atoms with Gasteiger partial charge in [0, 0.05) is 24.6 Å². The van der Waals surface area contributed by atoms with Crippen molar-refractivity contribution in [2.75, 3.05) is 11.5 Å². The molecule has 3 N–H and O–H groups in total. The number of para-hydroxylation sites is 1. The zero-order chi connectivity index (χ0) is 22.2. The lowest BCUT2D eigenvalue weighted by molar-refractivity contribution is -0.145. The zero-order valence-corrected chi connectivity index (χ0v) is 17.9. The first-order valence-corrected chi connectivity index (χ1v) is 10.7. The number of hydrogen-bond acceptors (Lipinski definition) is 7. The average Bonchev–Trinajstić information content (AvgIpc) is 3.19. The highest BCUT2D eigenvalue weighted by atomic mass is 16.6. The lowest BCUT2D eigenvalue weighted by Gasteiger charge is -2.29. The van der Waals surface area contributed by atoms with E-state index >= 15 is 0 Å². The Labute approximate surface area is 181 Å². The molecule has 0 spiro atoms. The third kappa shape index (κ3) is 3.83. The molecular formula is C24H29NO6. The fraction of sp³-hybridized carbons (Fsp3) is 0.458. The minimum atomic E-state index is -1.27. The third-order valence-electron chi connectivity index (χ3n) is 6.17. The van der Waals surface area contributed by atoms with E-state index in [1.807, 2.05) is 29.2 Å². The first-order chi connectivity index (χ1) is 14.8. The highest BCUT2D eigenvalue weighted by Crippen LogP contribution is 2.52. The molecule has 0 bridgehead atoms. The van der Waals surface area contributed by atoms with Crippen molar-refractivity contribution < 1.29 is 29.6 Å². The van der Waals surface area contributed by atoms with Gasteiger partial charge in [-0.05, 0) is 30.5 Å². The second kappa shape index (κ2) is 8.40. The van der Waals surface area contributed by atoms with Gasteiger partial charge in [-0.3, -0.25) is 4.79 Å². The van der Waals surface area contributed by atoms with E-state index in [0.717, 1.165) is 36.1 Å². The van der Waals surface area contributed by atoms with Crippen molar-refractivity contribution in [3.63, 3.8) is 0 Å². The Balaban J connectivity index is 1.66. The van der Waals surface area contributed by atoms with Crippen LogP contribution in [0.5, 0.6) is 11.5 Å². The van der Waals surface area contributed by atoms with Crippen LogP contribution in [0.1, 0.15) is 49.8 Å². The first-order valence-electron chi connectivity index (χ1n) is 10.7. The second-order valence-electron chi connectivity index (χ2n) is 8.36. The summed E-state index contributed by atoms with van der Waals surface area (Å²) in [5, 5.41) is 32.9. The lowest BCUT2D eigenvalue weighted by Crippen LogP contribution is -2.41. The number of carbonyl (C=O) groups excluding carboxylic acids is 1. The molecule has 1 saturated heterocycles. The molecule has 7 heteroatoms. The smallest absolute Gasteiger partial charge is 0.302 e. The van der Waals surface area contributed by atoms with Gasteiger partial charge < -0.3 is 29.7 Å². The van der Waals surface area contributed by atoms with Gasteiger partial charge in [0.2, 0.25) is 0 Å². The normalized spacial score (nSPS) is 24.2. The molecule has 2 aromatic rings. The van der Waals surface area contributed by atoms with Crippen molar-refractivity contribution in [3.05, 3.63) is 53.1 Å². The van der Waals surface area contributed by atoms with Crippen molar-refractivity contribution in [2.45, 2.75) is 64.0 Å². The monoisotopic (exact) mass is 427 g/mol. The van der Waals surface area contributed by atoms with E-state index in [1.165, 1.54) is 6.92 Å². The summed E-state index contributed by atoms with van der Waals surface area (Å²) in [5.41, 5.74) is 1.44. The topological polar surface area (TPSA) is 99.5 Å². The molecule has 166 valence electrons. The van der Waals surface area contributed by atoms with E-state index in [9.17, 15) is 20.1 Å². The van der Waals surface area contributed by atoms with E-state index in [-0.39, 0.29) is 31.1 Å². The predicted molar refractivity (Wildman–Crippen MR) is 115 cm³/mol. The lowest BCUT2D eigenvalue weighted by atomic mass is 9.91. The van der Waals surface area contributed by atoms with Gasteiger partial charge in [-0.15, -0.1) is 0 Å².